The molecule has 2 heterocycles. The van der Waals surface area contributed by atoms with E-state index in [4.69, 9.17) is 21.4 Å². The number of carbonyl (C=O) groups excluding carboxylic acids is 2. The number of hydrogen-bond acceptors (Lipinski definition) is 6. The number of rotatable bonds is 7. The van der Waals surface area contributed by atoms with Gasteiger partial charge < -0.3 is 15.2 Å². The average molecular weight is 467 g/mol. The summed E-state index contributed by atoms with van der Waals surface area (Å²) in [7, 11) is 0. The lowest BCUT2D eigenvalue weighted by molar-refractivity contribution is -0.122. The van der Waals surface area contributed by atoms with Gasteiger partial charge in [0.1, 0.15) is 11.9 Å². The van der Waals surface area contributed by atoms with E-state index in [2.05, 4.69) is 15.6 Å². The number of carbonyl (C=O) groups is 3. The highest BCUT2D eigenvalue weighted by atomic mass is 35.5. The molecule has 168 valence electrons. The summed E-state index contributed by atoms with van der Waals surface area (Å²) in [6.07, 6.45) is -0.466. The summed E-state index contributed by atoms with van der Waals surface area (Å²) in [6, 6.07) is 17.9. The number of carboxylic acids is 1. The zero-order chi connectivity index (χ0) is 23.4. The molecule has 2 aromatic carbocycles. The van der Waals surface area contributed by atoms with E-state index in [0.717, 1.165) is 5.56 Å². The molecule has 3 N–H and O–H groups in total. The van der Waals surface area contributed by atoms with Crippen molar-refractivity contribution < 1.29 is 24.2 Å². The van der Waals surface area contributed by atoms with Crippen molar-refractivity contribution in [3.63, 3.8) is 0 Å². The molecule has 4 rings (SSSR count). The van der Waals surface area contributed by atoms with Crippen LogP contribution in [0, 0.1) is 0 Å². The minimum atomic E-state index is -1.14. The molecule has 0 saturated carbocycles. The molecule has 1 aromatic heterocycles. The number of nitrogens with zero attached hydrogens (tertiary/aromatic N) is 2. The Morgan fingerprint density at radius 2 is 1.85 bits per heavy atom. The van der Waals surface area contributed by atoms with Crippen molar-refractivity contribution in [2.45, 2.75) is 19.1 Å². The number of amides is 3. The van der Waals surface area contributed by atoms with Crippen molar-refractivity contribution in [2.24, 2.45) is 0 Å². The van der Waals surface area contributed by atoms with E-state index >= 15 is 0 Å². The summed E-state index contributed by atoms with van der Waals surface area (Å²) in [5.74, 6) is -0.909. The Bertz CT molecular complexity index is 1180. The second-order valence-corrected chi connectivity index (χ2v) is 7.70. The van der Waals surface area contributed by atoms with E-state index in [1.54, 1.807) is 48.5 Å². The fourth-order valence-electron chi connectivity index (χ4n) is 3.29. The molecule has 33 heavy (non-hydrogen) atoms. The Labute approximate surface area is 194 Å². The molecule has 0 aliphatic carbocycles. The molecule has 0 bridgehead atoms. The number of ether oxygens (including phenoxy) is 1. The van der Waals surface area contributed by atoms with E-state index in [1.165, 1.54) is 11.0 Å². The minimum Gasteiger partial charge on any atom is -0.477 e. The van der Waals surface area contributed by atoms with Crippen molar-refractivity contribution in [3.05, 3.63) is 83.0 Å². The number of carboxylic acid groups (broad SMARTS) is 1. The first-order valence-electron chi connectivity index (χ1n) is 9.97. The molecule has 0 spiro atoms. The number of pyridine rings is 1. The quantitative estimate of drug-likeness (QED) is 0.479. The number of halogens is 1. The summed E-state index contributed by atoms with van der Waals surface area (Å²) >= 11 is 5.93. The Hall–Kier alpha value is -4.11. The highest BCUT2D eigenvalue weighted by Gasteiger charge is 2.32. The average Bonchev–Trinajstić information content (AvgIpc) is 2.79. The molecule has 1 saturated heterocycles. The van der Waals surface area contributed by atoms with E-state index < -0.39 is 18.2 Å². The topological polar surface area (TPSA) is 121 Å². The summed E-state index contributed by atoms with van der Waals surface area (Å²) in [4.78, 5) is 40.9. The number of benzene rings is 2. The molecular weight excluding hydrogens is 448 g/mol. The van der Waals surface area contributed by atoms with Gasteiger partial charge >= 0.3 is 12.0 Å². The van der Waals surface area contributed by atoms with E-state index in [1.807, 2.05) is 12.1 Å². The zero-order valence-electron chi connectivity index (χ0n) is 17.2. The van der Waals surface area contributed by atoms with Crippen molar-refractivity contribution in [1.29, 1.82) is 0 Å². The normalized spacial score (nSPS) is 15.7. The lowest BCUT2D eigenvalue weighted by Crippen LogP contribution is -2.57. The number of urea groups is 1. The van der Waals surface area contributed by atoms with Crippen LogP contribution in [0.3, 0.4) is 0 Å². The van der Waals surface area contributed by atoms with Gasteiger partial charge in [0.25, 0.3) is 0 Å². The van der Waals surface area contributed by atoms with Gasteiger partial charge in [-0.15, -0.1) is 0 Å². The lowest BCUT2D eigenvalue weighted by atomic mass is 10.1. The number of aromatic nitrogens is 1. The second-order valence-electron chi connectivity index (χ2n) is 7.26. The molecule has 1 unspecified atom stereocenters. The van der Waals surface area contributed by atoms with Gasteiger partial charge in [0.2, 0.25) is 11.8 Å². The van der Waals surface area contributed by atoms with Crippen LogP contribution in [0.15, 0.2) is 66.7 Å². The first-order chi connectivity index (χ1) is 15.9. The molecule has 1 atom stereocenters. The monoisotopic (exact) mass is 466 g/mol. The highest BCUT2D eigenvalue weighted by molar-refractivity contribution is 6.30. The Morgan fingerprint density at radius 3 is 2.55 bits per heavy atom. The highest BCUT2D eigenvalue weighted by Crippen LogP contribution is 2.24. The summed E-state index contributed by atoms with van der Waals surface area (Å²) < 4.78 is 5.62. The molecule has 1 aliphatic heterocycles. The molecule has 9 nitrogen and oxygen atoms in total. The van der Waals surface area contributed by atoms with E-state index in [-0.39, 0.29) is 23.9 Å². The van der Waals surface area contributed by atoms with Crippen molar-refractivity contribution in [2.75, 3.05) is 5.32 Å². The van der Waals surface area contributed by atoms with Crippen LogP contribution in [0.4, 0.5) is 10.5 Å². The van der Waals surface area contributed by atoms with Crippen LogP contribution in [0.5, 0.6) is 11.6 Å². The third kappa shape index (κ3) is 5.58. The van der Waals surface area contributed by atoms with Crippen molar-refractivity contribution >= 4 is 35.2 Å². The van der Waals surface area contributed by atoms with Gasteiger partial charge in [0.15, 0.2) is 5.69 Å². The lowest BCUT2D eigenvalue weighted by Gasteiger charge is -2.36. The van der Waals surface area contributed by atoms with Crippen molar-refractivity contribution in [3.8, 4) is 11.6 Å². The van der Waals surface area contributed by atoms with Crippen LogP contribution in [0.2, 0.25) is 5.02 Å². The predicted molar refractivity (Wildman–Crippen MR) is 120 cm³/mol. The first-order valence-corrected chi connectivity index (χ1v) is 10.3. The van der Waals surface area contributed by atoms with Crippen LogP contribution < -0.4 is 15.4 Å². The summed E-state index contributed by atoms with van der Waals surface area (Å²) in [6.45, 7) is 0.292. The number of hydrogen-bond donors (Lipinski definition) is 3. The van der Waals surface area contributed by atoms with Gasteiger partial charge in [-0.05, 0) is 48.0 Å². The Kier molecular flexibility index (Phi) is 6.41. The molecule has 0 radical (unpaired) electrons. The van der Waals surface area contributed by atoms with E-state index in [9.17, 15) is 14.4 Å². The van der Waals surface area contributed by atoms with Gasteiger partial charge in [-0.2, -0.15) is 0 Å². The van der Waals surface area contributed by atoms with Crippen LogP contribution in [-0.4, -0.2) is 39.1 Å². The zero-order valence-corrected chi connectivity index (χ0v) is 18.0. The first kappa shape index (κ1) is 22.1. The maximum absolute atomic E-state index is 12.5. The Morgan fingerprint density at radius 1 is 1.12 bits per heavy atom. The molecule has 1 aliphatic rings. The minimum absolute atomic E-state index is 0.0868. The standard InChI is InChI=1S/C23H19ClN4O5/c24-15-6-4-14(5-7-15)13-28-19(12-20(29)27-23(28)32)25-16-8-10-17(11-9-16)33-21-3-1-2-18(26-21)22(30)31/h1-11,19,25H,12-13H2,(H,30,31)(H,27,29,32). The van der Waals surface area contributed by atoms with Gasteiger partial charge in [0, 0.05) is 23.3 Å². The molecule has 10 heteroatoms. The van der Waals surface area contributed by atoms with Crippen molar-refractivity contribution in [1.82, 2.24) is 15.2 Å². The number of imide groups is 1. The van der Waals surface area contributed by atoms with Crippen LogP contribution >= 0.6 is 11.6 Å². The molecular formula is C23H19ClN4O5. The molecule has 3 amide bonds. The smallest absolute Gasteiger partial charge is 0.354 e. The van der Waals surface area contributed by atoms with Gasteiger partial charge in [-0.25, -0.2) is 14.6 Å². The van der Waals surface area contributed by atoms with E-state index in [0.29, 0.717) is 23.0 Å². The van der Waals surface area contributed by atoms with Gasteiger partial charge in [-0.3, -0.25) is 15.0 Å². The number of aromatic carboxylic acids is 1. The molecule has 1 fully saturated rings. The maximum Gasteiger partial charge on any atom is 0.354 e. The largest absolute Gasteiger partial charge is 0.477 e. The second kappa shape index (κ2) is 9.58. The fourth-order valence-corrected chi connectivity index (χ4v) is 3.42. The summed E-state index contributed by atoms with van der Waals surface area (Å²) in [5, 5.41) is 15.2. The van der Waals surface area contributed by atoms with Crippen LogP contribution in [0.1, 0.15) is 22.5 Å². The van der Waals surface area contributed by atoms with Gasteiger partial charge in [-0.1, -0.05) is 29.8 Å². The predicted octanol–water partition coefficient (Wildman–Crippen LogP) is 4.11. The SMILES string of the molecule is O=C1CC(Nc2ccc(Oc3cccc(C(=O)O)n3)cc2)N(Cc2ccc(Cl)cc2)C(=O)N1. The third-order valence-electron chi connectivity index (χ3n) is 4.88. The molecule has 3 aromatic rings. The fraction of sp³-hybridized carbons (Fsp3) is 0.130. The number of anilines is 1. The summed E-state index contributed by atoms with van der Waals surface area (Å²) in [5.41, 5.74) is 1.42. The van der Waals surface area contributed by atoms with Crippen LogP contribution in [-0.2, 0) is 11.3 Å². The number of nitrogens with one attached hydrogen (secondary N) is 2. The Balaban J connectivity index is 1.46. The third-order valence-corrected chi connectivity index (χ3v) is 5.13. The van der Waals surface area contributed by atoms with Gasteiger partial charge in [0.05, 0.1) is 6.42 Å². The maximum atomic E-state index is 12.5. The van der Waals surface area contributed by atoms with Crippen LogP contribution in [0.25, 0.3) is 0 Å².